The van der Waals surface area contributed by atoms with Gasteiger partial charge < -0.3 is 185 Å². The molecule has 100 heavy (non-hydrogen) atoms. The normalized spacial score (nSPS) is 22.3. The van der Waals surface area contributed by atoms with Crippen molar-refractivity contribution in [2.75, 3.05) is 0 Å². The first-order valence-electron chi connectivity index (χ1n) is 28.8. The van der Waals surface area contributed by atoms with Gasteiger partial charge in [0, 0.05) is 0 Å². The molecule has 0 fully saturated rings. The summed E-state index contributed by atoms with van der Waals surface area (Å²) >= 11 is 0. The van der Waals surface area contributed by atoms with E-state index in [1.54, 1.807) is 19.6 Å². The molecule has 45 nitrogen and oxygen atoms in total. The van der Waals surface area contributed by atoms with Crippen molar-refractivity contribution < 1.29 is 185 Å². The van der Waals surface area contributed by atoms with E-state index >= 15 is 0 Å². The van der Waals surface area contributed by atoms with Crippen LogP contribution in [0.4, 0.5) is 0 Å². The third-order valence-corrected chi connectivity index (χ3v) is 106. The van der Waals surface area contributed by atoms with Crippen molar-refractivity contribution >= 4 is 455 Å². The Balaban J connectivity index is 9.52. The summed E-state index contributed by atoms with van der Waals surface area (Å²) in [4.78, 5) is 0. The predicted octanol–water partition coefficient (Wildman–Crippen LogP) is -38.1. The summed E-state index contributed by atoms with van der Waals surface area (Å²) in [5.74, 6) is 0. The zero-order valence-electron chi connectivity index (χ0n) is 64.0. The predicted molar refractivity (Wildman–Crippen MR) is 485 cm³/mol. The summed E-state index contributed by atoms with van der Waals surface area (Å²) < 4.78 is 291. The third kappa shape index (κ3) is 34.6. The van der Waals surface area contributed by atoms with E-state index in [0.717, 1.165) is 0 Å². The molecule has 0 spiro atoms. The van der Waals surface area contributed by atoms with E-state index in [9.17, 15) is 0 Å². The van der Waals surface area contributed by atoms with E-state index in [2.05, 4.69) is 0 Å². The van der Waals surface area contributed by atoms with E-state index < -0.39 is 182 Å². The standard InChI is InChI=1S/C9H112O45Si46/c1-83(40-98(46-90(15-60,16-61)17-62,47-91(18-63,19-64)20-65)52-96(33-78,34-79)41-85(11-56)38-82-39-86(2,3)4)36-81-37-84(10-55)42-97(35-80,45-89(12-57,13-58)14-59)53-99(48-92(21-66,22-67)23-68,44-88(8,9)43-87(5,6)7)54-100(49-93(24-69,25-70)26-71,50-94(27-72,28-73)29-74)51-95(30-75,31-76)32-77/h83-85H,81-82H2,1-9,55-80H3. The van der Waals surface area contributed by atoms with Gasteiger partial charge in [0.15, 0.2) is 16.6 Å². The van der Waals surface area contributed by atoms with Crippen molar-refractivity contribution in [3.05, 3.63) is 0 Å². The minimum Gasteiger partial charge on any atom is -0.441 e. The van der Waals surface area contributed by atoms with Crippen LogP contribution in [0.5, 0.6) is 0 Å². The van der Waals surface area contributed by atoms with Crippen LogP contribution >= 0.6 is 0 Å². The van der Waals surface area contributed by atoms with Crippen LogP contribution in [0, 0.1) is 0 Å². The lowest BCUT2D eigenvalue weighted by Gasteiger charge is -2.47. The minimum absolute atomic E-state index is 0.00708. The van der Waals surface area contributed by atoms with Crippen LogP contribution in [0.25, 0.3) is 0 Å². The van der Waals surface area contributed by atoms with Crippen LogP contribution in [-0.4, -0.2) is 455 Å². The fraction of sp³-hybridized carbons (Fsp3) is 1.00. The highest BCUT2D eigenvalue weighted by Gasteiger charge is 2.78. The van der Waals surface area contributed by atoms with E-state index in [1.807, 2.05) is 39.3 Å². The smallest absolute Gasteiger partial charge is 0.441 e. The molecule has 0 aromatic rings. The molecule has 0 saturated carbocycles. The largest absolute Gasteiger partial charge is 0.656 e. The number of rotatable bonds is 64. The maximum atomic E-state index is 7.52. The lowest BCUT2D eigenvalue weighted by atomic mass is 11.8. The highest BCUT2D eigenvalue weighted by molar-refractivity contribution is 6.94. The number of hydrogen-bond acceptors (Lipinski definition) is 45. The second-order valence-electron chi connectivity index (χ2n) is 20.6. The van der Waals surface area contributed by atoms with Crippen LogP contribution in [-0.2, 0) is 185 Å². The summed E-state index contributed by atoms with van der Waals surface area (Å²) in [6.45, 7) is 17.1. The molecular weight excluding hydrogens is 2120 g/mol. The van der Waals surface area contributed by atoms with Gasteiger partial charge in [-0.05, 0) is 58.9 Å². The Morgan fingerprint density at radius 2 is 0.430 bits per heavy atom. The highest BCUT2D eigenvalue weighted by atomic mass is 28.6. The Morgan fingerprint density at radius 3 is 0.690 bits per heavy atom. The summed E-state index contributed by atoms with van der Waals surface area (Å²) in [6, 6.07) is 0. The summed E-state index contributed by atoms with van der Waals surface area (Å²) in [5.41, 5.74) is 0. The van der Waals surface area contributed by atoms with Crippen molar-refractivity contribution in [1.82, 2.24) is 0 Å². The lowest BCUT2D eigenvalue weighted by Crippen LogP contribution is -2.78. The van der Waals surface area contributed by atoms with Crippen molar-refractivity contribution in [3.63, 3.8) is 0 Å². The van der Waals surface area contributed by atoms with Gasteiger partial charge in [-0.1, -0.05) is 0 Å². The molecule has 0 saturated heterocycles. The number of hydrogen-bond donors (Lipinski definition) is 0. The molecule has 0 bridgehead atoms. The van der Waals surface area contributed by atoms with Gasteiger partial charge in [0.25, 0.3) is 20.0 Å². The topological polar surface area (TPSA) is 415 Å². The molecule has 0 aliphatic carbocycles. The molecule has 5 unspecified atom stereocenters. The maximum absolute atomic E-state index is 7.52. The highest BCUT2D eigenvalue weighted by Crippen LogP contribution is 2.39. The minimum atomic E-state index is -5.90. The van der Waals surface area contributed by atoms with Crippen molar-refractivity contribution in [3.8, 4) is 0 Å². The summed E-state index contributed by atoms with van der Waals surface area (Å²) in [6.07, 6.45) is 0. The zero-order chi connectivity index (χ0) is 77.5. The Bertz CT molecular complexity index is 2020. The van der Waals surface area contributed by atoms with Gasteiger partial charge in [-0.3, -0.25) is 0 Å². The van der Waals surface area contributed by atoms with E-state index in [0.29, 0.717) is 0 Å². The Hall–Kier alpha value is 8.18. The van der Waals surface area contributed by atoms with Crippen LogP contribution in [0.2, 0.25) is 58.9 Å². The van der Waals surface area contributed by atoms with Crippen LogP contribution in [0.1, 0.15) is 0 Å². The first-order valence-corrected chi connectivity index (χ1v) is 86.5. The van der Waals surface area contributed by atoms with Crippen LogP contribution < -0.4 is 0 Å². The SMILES string of the molecule is C[SiH](O[SiH2]O[SiH](O[SiH3])O[Si](O[SiH3])(O[Si](O[SiH3])(O[SiH3])O[SiH3])O[Si](O[Si](C)(C)O[Si](C)(C)C)(O[Si](O[SiH3])(O[SiH3])O[SiH3])O[Si](O[Si](O[SiH3])(O[SiH3])O[SiH3])(O[Si](O[SiH3])(O[SiH3])O[SiH3])O[Si](O[SiH3])(O[SiH3])O[SiH3])O[Si](O[Si](O[SiH3])(O[SiH3])O[SiH3])(O[Si](O[SiH3])(O[SiH3])O[SiH3])O[Si](O[SiH3])(O[SiH3])O[SiH](O[SiH3])O[SiH2]O[Si](C)(C)C. The molecular formula is C9H112O45Si46. The molecule has 0 radical (unpaired) electrons. The molecule has 602 valence electrons. The fourth-order valence-electron chi connectivity index (χ4n) is 7.32. The first kappa shape index (κ1) is 108. The van der Waals surface area contributed by atoms with Gasteiger partial charge in [0.1, 0.15) is 273 Å². The van der Waals surface area contributed by atoms with Gasteiger partial charge >= 0.3 is 145 Å². The zero-order valence-corrected chi connectivity index (χ0v) is 137. The quantitative estimate of drug-likeness (QED) is 0.0510. The molecule has 0 N–H and O–H groups in total. The van der Waals surface area contributed by atoms with Crippen molar-refractivity contribution in [2.24, 2.45) is 0 Å². The molecule has 91 heteroatoms. The molecule has 0 rings (SSSR count). The van der Waals surface area contributed by atoms with Gasteiger partial charge in [-0.25, -0.2) is 0 Å². The fourth-order valence-corrected chi connectivity index (χ4v) is 137. The van der Waals surface area contributed by atoms with Crippen LogP contribution in [0.3, 0.4) is 0 Å². The van der Waals surface area contributed by atoms with Gasteiger partial charge in [-0.2, -0.15) is 0 Å². The molecule has 0 heterocycles. The average molecular weight is 2230 g/mol. The Labute approximate surface area is 691 Å². The van der Waals surface area contributed by atoms with Gasteiger partial charge in [-0.15, -0.1) is 0 Å². The molecule has 0 amide bonds. The van der Waals surface area contributed by atoms with Crippen molar-refractivity contribution in [1.29, 1.82) is 0 Å². The molecule has 0 aromatic carbocycles. The summed E-state index contributed by atoms with van der Waals surface area (Å²) in [7, 11) is -80.5. The van der Waals surface area contributed by atoms with Crippen LogP contribution in [0.15, 0.2) is 0 Å². The Morgan fingerprint density at radius 1 is 0.210 bits per heavy atom. The second-order valence-corrected chi connectivity index (χ2v) is 107. The van der Waals surface area contributed by atoms with E-state index in [-0.39, 0.29) is 273 Å². The summed E-state index contributed by atoms with van der Waals surface area (Å²) in [5, 5.41) is 0. The average Bonchev–Trinajstić information content (AvgIpc) is 0.744. The van der Waals surface area contributed by atoms with Gasteiger partial charge in [0.05, 0.1) is 0 Å². The van der Waals surface area contributed by atoms with E-state index in [4.69, 9.17) is 185 Å². The monoisotopic (exact) mass is 2230 g/mol. The third-order valence-electron chi connectivity index (χ3n) is 11.8. The molecule has 0 aliphatic heterocycles. The molecule has 5 atom stereocenters. The van der Waals surface area contributed by atoms with Gasteiger partial charge in [0.2, 0.25) is 0 Å². The Kier molecular flexibility index (Phi) is 55.0. The second kappa shape index (κ2) is 50.8. The molecule has 0 aliphatic rings. The van der Waals surface area contributed by atoms with E-state index in [1.165, 1.54) is 0 Å². The molecule has 0 aromatic heterocycles. The maximum Gasteiger partial charge on any atom is 0.656 e. The first-order chi connectivity index (χ1) is 46.6. The van der Waals surface area contributed by atoms with Crippen molar-refractivity contribution in [2.45, 2.75) is 58.9 Å². The lowest BCUT2D eigenvalue weighted by molar-refractivity contribution is -0.0300.